The Hall–Kier alpha value is -2.56. The summed E-state index contributed by atoms with van der Waals surface area (Å²) in [5.74, 6) is 0.340. The van der Waals surface area contributed by atoms with E-state index in [2.05, 4.69) is 15.3 Å². The molecular formula is C20H23N5O3S2. The number of nitrogens with zero attached hydrogens (tertiary/aromatic N) is 4. The Morgan fingerprint density at radius 3 is 2.47 bits per heavy atom. The number of hydrogen-bond donors (Lipinski definition) is 1. The Kier molecular flexibility index (Phi) is 5.72. The van der Waals surface area contributed by atoms with E-state index in [1.54, 1.807) is 36.1 Å². The zero-order chi connectivity index (χ0) is 21.3. The summed E-state index contributed by atoms with van der Waals surface area (Å²) < 4.78 is 28.7. The van der Waals surface area contributed by atoms with Crippen LogP contribution in [0.15, 0.2) is 47.1 Å². The van der Waals surface area contributed by atoms with Gasteiger partial charge in [0.05, 0.1) is 0 Å². The number of carbonyl (C=O) groups is 1. The first-order chi connectivity index (χ1) is 14.3. The molecule has 30 heavy (non-hydrogen) atoms. The largest absolute Gasteiger partial charge is 0.337 e. The number of imidazole rings is 1. The van der Waals surface area contributed by atoms with Crippen molar-refractivity contribution in [2.75, 3.05) is 18.4 Å². The second-order valence-electron chi connectivity index (χ2n) is 7.32. The van der Waals surface area contributed by atoms with Gasteiger partial charge < -0.3 is 9.88 Å². The smallest absolute Gasteiger partial charge is 0.262 e. The lowest BCUT2D eigenvalue weighted by Crippen LogP contribution is -2.41. The molecule has 4 rings (SSSR count). The number of aromatic nitrogens is 3. The van der Waals surface area contributed by atoms with Gasteiger partial charge in [0.15, 0.2) is 5.03 Å². The molecule has 1 aliphatic heterocycles. The molecule has 3 heterocycles. The van der Waals surface area contributed by atoms with Gasteiger partial charge in [-0.3, -0.25) is 4.79 Å². The van der Waals surface area contributed by atoms with E-state index in [-0.39, 0.29) is 16.9 Å². The van der Waals surface area contributed by atoms with E-state index in [1.165, 1.54) is 10.5 Å². The first-order valence-electron chi connectivity index (χ1n) is 9.65. The van der Waals surface area contributed by atoms with Gasteiger partial charge in [0, 0.05) is 55.1 Å². The van der Waals surface area contributed by atoms with Crippen molar-refractivity contribution in [3.05, 3.63) is 47.9 Å². The van der Waals surface area contributed by atoms with Crippen LogP contribution >= 0.6 is 11.3 Å². The maximum absolute atomic E-state index is 12.8. The van der Waals surface area contributed by atoms with Gasteiger partial charge in [-0.25, -0.2) is 18.4 Å². The normalized spacial score (nSPS) is 15.9. The molecule has 0 spiro atoms. The van der Waals surface area contributed by atoms with E-state index in [9.17, 15) is 13.2 Å². The molecule has 1 fully saturated rings. The predicted octanol–water partition coefficient (Wildman–Crippen LogP) is 2.89. The number of hydrogen-bond acceptors (Lipinski definition) is 6. The maximum Gasteiger partial charge on any atom is 0.262 e. The van der Waals surface area contributed by atoms with Gasteiger partial charge in [0.2, 0.25) is 5.91 Å². The van der Waals surface area contributed by atoms with Gasteiger partial charge in [-0.1, -0.05) is 0 Å². The quantitative estimate of drug-likeness (QED) is 0.651. The zero-order valence-electron chi connectivity index (χ0n) is 16.8. The molecule has 0 saturated carbocycles. The number of piperidine rings is 1. The van der Waals surface area contributed by atoms with Crippen molar-refractivity contribution in [1.82, 2.24) is 18.8 Å². The predicted molar refractivity (Wildman–Crippen MR) is 116 cm³/mol. The number of thiazole rings is 1. The van der Waals surface area contributed by atoms with Crippen LogP contribution in [0.4, 0.5) is 5.69 Å². The van der Waals surface area contributed by atoms with Crippen molar-refractivity contribution in [2.24, 2.45) is 13.0 Å². The Morgan fingerprint density at radius 2 is 1.90 bits per heavy atom. The van der Waals surface area contributed by atoms with Crippen LogP contribution < -0.4 is 5.32 Å². The number of aryl methyl sites for hydroxylation is 2. The van der Waals surface area contributed by atoms with Gasteiger partial charge >= 0.3 is 0 Å². The zero-order valence-corrected chi connectivity index (χ0v) is 18.4. The highest BCUT2D eigenvalue weighted by Crippen LogP contribution is 2.26. The van der Waals surface area contributed by atoms with Crippen LogP contribution in [0, 0.1) is 12.8 Å². The van der Waals surface area contributed by atoms with Crippen LogP contribution in [0.3, 0.4) is 0 Å². The van der Waals surface area contributed by atoms with Crippen LogP contribution in [-0.2, 0) is 21.9 Å². The molecule has 1 aliphatic rings. The second kappa shape index (κ2) is 8.29. The van der Waals surface area contributed by atoms with E-state index in [0.29, 0.717) is 31.8 Å². The van der Waals surface area contributed by atoms with E-state index in [0.717, 1.165) is 16.3 Å². The standard InChI is InChI=1S/C20H23N5O3S2/c1-14-22-18(13-24(14)2)30(27,28)25-10-7-15(8-11-25)19(26)23-17-5-3-16(4-6-17)20-21-9-12-29-20/h3-6,9,12-13,15H,7-8,10-11H2,1-2H3,(H,23,26). The number of sulfonamides is 1. The fourth-order valence-electron chi connectivity index (χ4n) is 3.45. The molecule has 1 amide bonds. The van der Waals surface area contributed by atoms with Crippen molar-refractivity contribution in [1.29, 1.82) is 0 Å². The molecule has 158 valence electrons. The lowest BCUT2D eigenvalue weighted by atomic mass is 9.97. The number of nitrogens with one attached hydrogen (secondary N) is 1. The third kappa shape index (κ3) is 4.16. The van der Waals surface area contributed by atoms with E-state index in [1.807, 2.05) is 29.6 Å². The molecule has 0 bridgehead atoms. The highest BCUT2D eigenvalue weighted by molar-refractivity contribution is 7.89. The van der Waals surface area contributed by atoms with Gasteiger partial charge in [-0.15, -0.1) is 11.3 Å². The minimum absolute atomic E-state index is 0.0609. The molecule has 0 aliphatic carbocycles. The molecule has 0 radical (unpaired) electrons. The van der Waals surface area contributed by atoms with Gasteiger partial charge in [0.1, 0.15) is 10.8 Å². The number of benzene rings is 1. The second-order valence-corrected chi connectivity index (χ2v) is 10.1. The van der Waals surface area contributed by atoms with Crippen molar-refractivity contribution < 1.29 is 13.2 Å². The Labute approximate surface area is 179 Å². The summed E-state index contributed by atoms with van der Waals surface area (Å²) >= 11 is 1.56. The monoisotopic (exact) mass is 445 g/mol. The Morgan fingerprint density at radius 1 is 1.20 bits per heavy atom. The van der Waals surface area contributed by atoms with E-state index in [4.69, 9.17) is 0 Å². The lowest BCUT2D eigenvalue weighted by molar-refractivity contribution is -0.120. The van der Waals surface area contributed by atoms with Gasteiger partial charge in [0.25, 0.3) is 10.0 Å². The van der Waals surface area contributed by atoms with Crippen LogP contribution in [0.1, 0.15) is 18.7 Å². The lowest BCUT2D eigenvalue weighted by Gasteiger charge is -2.29. The first-order valence-corrected chi connectivity index (χ1v) is 12.0. The molecule has 3 aromatic rings. The van der Waals surface area contributed by atoms with Crippen molar-refractivity contribution in [2.45, 2.75) is 24.8 Å². The molecule has 0 atom stereocenters. The molecule has 8 nitrogen and oxygen atoms in total. The summed E-state index contributed by atoms with van der Waals surface area (Å²) in [6.07, 6.45) is 4.25. The number of amides is 1. The summed E-state index contributed by atoms with van der Waals surface area (Å²) in [5, 5.41) is 5.86. The Balaban J connectivity index is 1.35. The number of rotatable bonds is 5. The first kappa shape index (κ1) is 20.7. The molecular weight excluding hydrogens is 422 g/mol. The number of carbonyl (C=O) groups excluding carboxylic acids is 1. The molecule has 2 aromatic heterocycles. The average Bonchev–Trinajstić information content (AvgIpc) is 3.39. The fourth-order valence-corrected chi connectivity index (χ4v) is 5.59. The highest BCUT2D eigenvalue weighted by atomic mass is 32.2. The SMILES string of the molecule is Cc1nc(S(=O)(=O)N2CCC(C(=O)Nc3ccc(-c4nccs4)cc3)CC2)cn1C. The summed E-state index contributed by atoms with van der Waals surface area (Å²) in [7, 11) is -1.87. The van der Waals surface area contributed by atoms with Gasteiger partial charge in [-0.05, 0) is 44.0 Å². The summed E-state index contributed by atoms with van der Waals surface area (Å²) in [5.41, 5.74) is 1.73. The fraction of sp³-hybridized carbons (Fsp3) is 0.350. The Bertz CT molecular complexity index is 1110. The minimum atomic E-state index is -3.63. The third-order valence-corrected chi connectivity index (χ3v) is 7.94. The van der Waals surface area contributed by atoms with Crippen molar-refractivity contribution in [3.63, 3.8) is 0 Å². The summed E-state index contributed by atoms with van der Waals surface area (Å²) in [6, 6.07) is 7.58. The van der Waals surface area contributed by atoms with Crippen LogP contribution in [-0.4, -0.2) is 46.3 Å². The summed E-state index contributed by atoms with van der Waals surface area (Å²) in [6.45, 7) is 2.37. The average molecular weight is 446 g/mol. The van der Waals surface area contributed by atoms with E-state index >= 15 is 0 Å². The molecule has 1 aromatic carbocycles. The maximum atomic E-state index is 12.8. The number of anilines is 1. The molecule has 1 saturated heterocycles. The minimum Gasteiger partial charge on any atom is -0.337 e. The molecule has 0 unspecified atom stereocenters. The topological polar surface area (TPSA) is 97.2 Å². The molecule has 10 heteroatoms. The van der Waals surface area contributed by atoms with Crippen LogP contribution in [0.25, 0.3) is 10.6 Å². The third-order valence-electron chi connectivity index (χ3n) is 5.35. The highest BCUT2D eigenvalue weighted by Gasteiger charge is 2.33. The summed E-state index contributed by atoms with van der Waals surface area (Å²) in [4.78, 5) is 21.1. The van der Waals surface area contributed by atoms with Crippen molar-refractivity contribution >= 4 is 33.0 Å². The van der Waals surface area contributed by atoms with Crippen LogP contribution in [0.5, 0.6) is 0 Å². The van der Waals surface area contributed by atoms with Gasteiger partial charge in [-0.2, -0.15) is 4.31 Å². The van der Waals surface area contributed by atoms with Crippen LogP contribution in [0.2, 0.25) is 0 Å². The van der Waals surface area contributed by atoms with E-state index < -0.39 is 10.0 Å². The molecule has 1 N–H and O–H groups in total. The van der Waals surface area contributed by atoms with Crippen molar-refractivity contribution in [3.8, 4) is 10.6 Å².